The molecule has 2 aliphatic carbocycles. The van der Waals surface area contributed by atoms with Gasteiger partial charge in [0.15, 0.2) is 0 Å². The van der Waals surface area contributed by atoms with E-state index in [2.05, 4.69) is 222 Å². The molecule has 2 aliphatic rings. The molecule has 12 rings (SSSR count). The van der Waals surface area contributed by atoms with Crippen molar-refractivity contribution >= 4 is 44.5 Å². The molecular formula is C135H199NS2. The standard InChI is InChI=1S/C135H199NS2/c1-8-12-16-20-24-28-32-36-40-44-48-52-56-60-64-68-72-76-80-112-85-94-117(95-86-112)134(118-96-87-113(88-97-118)81-77-73-69-65-61-57-53-49-45-41-37-33-29-25-21-17-13-9-2)125-108-124-126(107-123(125)132-127(134)105-111(6)137-132)135(128-109-131(138-133(124)128)116-93-103-122-121-102-84-110(5)104-129(121)136(7)130(122)106-116,119-98-89-114(90-99-119)82-78-74-70-66-62-58-54-50-46-42-38-34-30-26-22-18-14-10-3)120-100-91-115(92-101-120)83-79-75-71-67-63-59-55-51-47-43-39-35-31-27-23-19-15-11-4/h84-109H,8-83H2,1-7H3. The zero-order valence-corrected chi connectivity index (χ0v) is 91.6. The van der Waals surface area contributed by atoms with Crippen LogP contribution in [0.25, 0.3) is 53.1 Å². The van der Waals surface area contributed by atoms with E-state index in [0.29, 0.717) is 0 Å². The monoisotopic (exact) mass is 1900 g/mol. The molecule has 756 valence electrons. The molecule has 3 aromatic heterocycles. The lowest BCUT2D eigenvalue weighted by molar-refractivity contribution is 0.525. The van der Waals surface area contributed by atoms with Gasteiger partial charge in [0.1, 0.15) is 0 Å². The number of aromatic nitrogens is 1. The van der Waals surface area contributed by atoms with Crippen LogP contribution in [0.1, 0.15) is 567 Å². The van der Waals surface area contributed by atoms with Crippen LogP contribution in [0.2, 0.25) is 0 Å². The highest BCUT2D eigenvalue weighted by molar-refractivity contribution is 7.19. The van der Waals surface area contributed by atoms with Crippen molar-refractivity contribution < 1.29 is 0 Å². The summed E-state index contributed by atoms with van der Waals surface area (Å²) in [6.07, 6.45) is 106. The molecule has 0 saturated heterocycles. The van der Waals surface area contributed by atoms with Crippen LogP contribution < -0.4 is 0 Å². The summed E-state index contributed by atoms with van der Waals surface area (Å²) in [7, 11) is 2.29. The number of hydrogen-bond donors (Lipinski definition) is 0. The summed E-state index contributed by atoms with van der Waals surface area (Å²) in [6, 6.07) is 66.7. The lowest BCUT2D eigenvalue weighted by atomic mass is 9.65. The van der Waals surface area contributed by atoms with Gasteiger partial charge in [0.25, 0.3) is 0 Å². The summed E-state index contributed by atoms with van der Waals surface area (Å²) in [5, 5.41) is 2.67. The van der Waals surface area contributed by atoms with Gasteiger partial charge in [-0.15, -0.1) is 22.7 Å². The van der Waals surface area contributed by atoms with E-state index in [9.17, 15) is 0 Å². The second-order valence-electron chi connectivity index (χ2n) is 44.5. The number of hydrogen-bond acceptors (Lipinski definition) is 2. The Bertz CT molecular complexity index is 4720. The fourth-order valence-corrected chi connectivity index (χ4v) is 26.9. The van der Waals surface area contributed by atoms with E-state index in [-0.39, 0.29) is 0 Å². The van der Waals surface area contributed by atoms with E-state index < -0.39 is 10.8 Å². The maximum Gasteiger partial charge on any atom is 0.0722 e. The number of thiophene rings is 2. The van der Waals surface area contributed by atoms with Crippen LogP contribution in [-0.2, 0) is 43.6 Å². The first-order chi connectivity index (χ1) is 68.2. The molecule has 0 bridgehead atoms. The van der Waals surface area contributed by atoms with Gasteiger partial charge in [0, 0.05) is 48.4 Å². The molecule has 3 heterocycles. The van der Waals surface area contributed by atoms with Gasteiger partial charge in [-0.05, 0) is 191 Å². The Balaban J connectivity index is 0.810. The van der Waals surface area contributed by atoms with E-state index >= 15 is 0 Å². The van der Waals surface area contributed by atoms with Crippen LogP contribution in [0.3, 0.4) is 0 Å². The largest absolute Gasteiger partial charge is 0.344 e. The first-order valence-electron chi connectivity index (χ1n) is 60.0. The van der Waals surface area contributed by atoms with Crippen molar-refractivity contribution in [1.82, 2.24) is 4.57 Å². The summed E-state index contributed by atoms with van der Waals surface area (Å²) in [4.78, 5) is 5.64. The molecule has 10 aromatic rings. The first kappa shape index (κ1) is 111. The van der Waals surface area contributed by atoms with Crippen LogP contribution in [0.15, 0.2) is 158 Å². The van der Waals surface area contributed by atoms with Gasteiger partial charge in [0.2, 0.25) is 0 Å². The average Bonchev–Trinajstić information content (AvgIpc) is 1.50. The van der Waals surface area contributed by atoms with Crippen molar-refractivity contribution in [2.24, 2.45) is 7.05 Å². The minimum atomic E-state index is -0.576. The Hall–Kier alpha value is -6.26. The van der Waals surface area contributed by atoms with Gasteiger partial charge in [-0.25, -0.2) is 0 Å². The third-order valence-electron chi connectivity index (χ3n) is 33.1. The number of fused-ring (bicyclic) bond motifs is 9. The molecule has 0 atom stereocenters. The maximum absolute atomic E-state index is 2.81. The molecule has 0 amide bonds. The Morgan fingerprint density at radius 1 is 0.210 bits per heavy atom. The van der Waals surface area contributed by atoms with Crippen molar-refractivity contribution in [1.29, 1.82) is 0 Å². The third-order valence-corrected chi connectivity index (χ3v) is 35.4. The van der Waals surface area contributed by atoms with Crippen molar-refractivity contribution in [3.63, 3.8) is 0 Å². The minimum absolute atomic E-state index is 0.520. The first-order valence-corrected chi connectivity index (χ1v) is 61.7. The summed E-state index contributed by atoms with van der Waals surface area (Å²) in [5.74, 6) is 0. The average molecular weight is 1900 g/mol. The lowest BCUT2D eigenvalue weighted by Crippen LogP contribution is -2.30. The molecule has 0 N–H and O–H groups in total. The lowest BCUT2D eigenvalue weighted by Gasteiger charge is -2.35. The SMILES string of the molecule is CCCCCCCCCCCCCCCCCCCCc1ccc(C2(c3ccc(CCCCCCCCCCCCCCCCCCCC)cc3)c3cc4c(cc3-c3sc(C)cc32)C(c2ccc(CCCCCCCCCCCCCCCCCCCC)cc2)(c2ccc(CCCCCCCCCCCCCCCCCCCC)cc2)c2cc(-c3ccc5c6ccc(C)cc6n(C)c5c3)sc2-4)cc1. The van der Waals surface area contributed by atoms with Gasteiger partial charge in [-0.2, -0.15) is 0 Å². The molecule has 0 spiro atoms. The zero-order valence-electron chi connectivity index (χ0n) is 90.0. The smallest absolute Gasteiger partial charge is 0.0722 e. The Kier molecular flexibility index (Phi) is 51.6. The predicted octanol–water partition coefficient (Wildman–Crippen LogP) is 44.8. The van der Waals surface area contributed by atoms with Gasteiger partial charge in [-0.3, -0.25) is 0 Å². The molecule has 0 aliphatic heterocycles. The molecule has 138 heavy (non-hydrogen) atoms. The molecule has 1 nitrogen and oxygen atoms in total. The van der Waals surface area contributed by atoms with Crippen LogP contribution in [-0.4, -0.2) is 4.57 Å². The molecule has 0 fully saturated rings. The van der Waals surface area contributed by atoms with Crippen LogP contribution in [0, 0.1) is 13.8 Å². The van der Waals surface area contributed by atoms with Crippen molar-refractivity contribution in [3.8, 4) is 31.3 Å². The molecular weight excluding hydrogens is 1700 g/mol. The van der Waals surface area contributed by atoms with E-state index in [1.807, 2.05) is 11.3 Å². The summed E-state index contributed by atoms with van der Waals surface area (Å²) in [5.41, 5.74) is 24.3. The number of aryl methyl sites for hydroxylation is 7. The number of benzene rings is 7. The number of rotatable bonds is 81. The van der Waals surface area contributed by atoms with Crippen LogP contribution >= 0.6 is 22.7 Å². The van der Waals surface area contributed by atoms with Crippen LogP contribution in [0.5, 0.6) is 0 Å². The Morgan fingerprint density at radius 3 is 0.696 bits per heavy atom. The second-order valence-corrected chi connectivity index (χ2v) is 46.8. The molecule has 0 saturated carbocycles. The number of nitrogens with zero attached hydrogens (tertiary/aromatic N) is 1. The summed E-state index contributed by atoms with van der Waals surface area (Å²) in [6.45, 7) is 13.9. The highest BCUT2D eigenvalue weighted by atomic mass is 32.1. The summed E-state index contributed by atoms with van der Waals surface area (Å²) < 4.78 is 2.46. The molecule has 3 heteroatoms. The quantitative estimate of drug-likeness (QED) is 0.0335. The topological polar surface area (TPSA) is 4.93 Å². The van der Waals surface area contributed by atoms with E-state index in [1.54, 1.807) is 0 Å². The van der Waals surface area contributed by atoms with Crippen molar-refractivity contribution in [2.45, 2.75) is 540 Å². The van der Waals surface area contributed by atoms with Crippen molar-refractivity contribution in [3.05, 3.63) is 235 Å². The van der Waals surface area contributed by atoms with Crippen LogP contribution in [0.4, 0.5) is 0 Å². The molecule has 0 unspecified atom stereocenters. The van der Waals surface area contributed by atoms with Gasteiger partial charge >= 0.3 is 0 Å². The second kappa shape index (κ2) is 64.5. The van der Waals surface area contributed by atoms with Crippen molar-refractivity contribution in [2.75, 3.05) is 0 Å². The maximum atomic E-state index is 2.81. The zero-order chi connectivity index (χ0) is 96.0. The Morgan fingerprint density at radius 2 is 0.435 bits per heavy atom. The third kappa shape index (κ3) is 33.9. The van der Waals surface area contributed by atoms with Gasteiger partial charge in [-0.1, -0.05) is 586 Å². The molecule has 0 radical (unpaired) electrons. The highest BCUT2D eigenvalue weighted by Gasteiger charge is 2.53. The predicted molar refractivity (Wildman–Crippen MR) is 616 cm³/mol. The summed E-state index contributed by atoms with van der Waals surface area (Å²) >= 11 is 4.11. The fraction of sp³-hybridized carbons (Fsp3) is 0.630. The normalized spacial score (nSPS) is 13.0. The molecule has 7 aromatic carbocycles. The van der Waals surface area contributed by atoms with E-state index in [1.165, 1.54) is 593 Å². The minimum Gasteiger partial charge on any atom is -0.344 e. The van der Waals surface area contributed by atoms with E-state index in [0.717, 1.165) is 25.7 Å². The number of unbranched alkanes of at least 4 members (excludes halogenated alkanes) is 68. The van der Waals surface area contributed by atoms with Gasteiger partial charge < -0.3 is 4.57 Å². The van der Waals surface area contributed by atoms with Gasteiger partial charge in [0.05, 0.1) is 10.8 Å². The Labute approximate surface area is 856 Å². The highest BCUT2D eigenvalue weighted by Crippen LogP contribution is 2.66. The fourth-order valence-electron chi connectivity index (χ4n) is 24.5. The van der Waals surface area contributed by atoms with E-state index in [4.69, 9.17) is 0 Å².